The molecule has 32 heavy (non-hydrogen) atoms. The van der Waals surface area contributed by atoms with Crippen LogP contribution in [0.5, 0.6) is 17.2 Å². The summed E-state index contributed by atoms with van der Waals surface area (Å²) in [5.74, 6) is 2.30. The standard InChI is InChI=1S/C24H23N3O4S/c1-29-20-13-17(14-21(30-2)23(20)31-3)22-16(9-10-19(28)24-25-11-12-32-24)15-27(26-22)18-7-5-4-6-8-18/h4-10,13-15H,11-12H2,1-3H3/b10-9-. The van der Waals surface area contributed by atoms with E-state index in [1.54, 1.807) is 38.2 Å². The first-order valence-corrected chi connectivity index (χ1v) is 11.0. The van der Waals surface area contributed by atoms with Crippen molar-refractivity contribution in [1.29, 1.82) is 0 Å². The molecule has 3 aromatic rings. The Kier molecular flexibility index (Phi) is 6.61. The van der Waals surface area contributed by atoms with Crippen molar-refractivity contribution in [2.45, 2.75) is 0 Å². The summed E-state index contributed by atoms with van der Waals surface area (Å²) < 4.78 is 18.2. The molecular formula is C24H23N3O4S. The predicted octanol–water partition coefficient (Wildman–Crippen LogP) is 4.29. The summed E-state index contributed by atoms with van der Waals surface area (Å²) in [5, 5.41) is 5.35. The van der Waals surface area contributed by atoms with Crippen molar-refractivity contribution in [2.75, 3.05) is 33.6 Å². The number of para-hydroxylation sites is 1. The number of hydrogen-bond acceptors (Lipinski definition) is 7. The van der Waals surface area contributed by atoms with Gasteiger partial charge in [-0.2, -0.15) is 5.10 Å². The molecule has 1 aromatic heterocycles. The summed E-state index contributed by atoms with van der Waals surface area (Å²) >= 11 is 1.48. The van der Waals surface area contributed by atoms with Crippen LogP contribution < -0.4 is 14.2 Å². The summed E-state index contributed by atoms with van der Waals surface area (Å²) in [7, 11) is 4.71. The van der Waals surface area contributed by atoms with E-state index in [2.05, 4.69) is 4.99 Å². The van der Waals surface area contributed by atoms with Gasteiger partial charge in [0.1, 0.15) is 10.7 Å². The molecule has 0 radical (unpaired) electrons. The maximum Gasteiger partial charge on any atom is 0.210 e. The molecule has 0 N–H and O–H groups in total. The number of ether oxygens (including phenoxy) is 3. The SMILES string of the molecule is COc1cc(-c2nn(-c3ccccc3)cc2/C=C\C(=O)C2=NCCS2)cc(OC)c1OC. The smallest absolute Gasteiger partial charge is 0.210 e. The topological polar surface area (TPSA) is 74.9 Å². The van der Waals surface area contributed by atoms with Gasteiger partial charge in [-0.05, 0) is 36.4 Å². The number of rotatable bonds is 8. The summed E-state index contributed by atoms with van der Waals surface area (Å²) in [5.41, 5.74) is 3.13. The van der Waals surface area contributed by atoms with Gasteiger partial charge in [-0.15, -0.1) is 11.8 Å². The second-order valence-electron chi connectivity index (χ2n) is 6.86. The molecule has 7 nitrogen and oxygen atoms in total. The van der Waals surface area contributed by atoms with Gasteiger partial charge in [0.25, 0.3) is 0 Å². The Morgan fingerprint density at radius 3 is 2.38 bits per heavy atom. The lowest BCUT2D eigenvalue weighted by Crippen LogP contribution is -2.03. The fraction of sp³-hybridized carbons (Fsp3) is 0.208. The monoisotopic (exact) mass is 449 g/mol. The van der Waals surface area contributed by atoms with E-state index in [4.69, 9.17) is 19.3 Å². The van der Waals surface area contributed by atoms with Crippen LogP contribution in [-0.4, -0.2) is 54.2 Å². The van der Waals surface area contributed by atoms with E-state index in [1.165, 1.54) is 11.8 Å². The maximum atomic E-state index is 12.5. The minimum atomic E-state index is -0.101. The van der Waals surface area contributed by atoms with Crippen molar-refractivity contribution in [3.8, 4) is 34.2 Å². The highest BCUT2D eigenvalue weighted by atomic mass is 32.2. The Morgan fingerprint density at radius 1 is 1.06 bits per heavy atom. The highest BCUT2D eigenvalue weighted by molar-refractivity contribution is 8.16. The predicted molar refractivity (Wildman–Crippen MR) is 127 cm³/mol. The molecule has 0 bridgehead atoms. The van der Waals surface area contributed by atoms with Gasteiger partial charge in [-0.25, -0.2) is 4.68 Å². The molecule has 4 rings (SSSR count). The lowest BCUT2D eigenvalue weighted by molar-refractivity contribution is -0.108. The Morgan fingerprint density at radius 2 is 1.78 bits per heavy atom. The van der Waals surface area contributed by atoms with Crippen molar-refractivity contribution < 1.29 is 19.0 Å². The van der Waals surface area contributed by atoms with E-state index in [0.29, 0.717) is 34.5 Å². The molecule has 1 aliphatic heterocycles. The van der Waals surface area contributed by atoms with Gasteiger partial charge in [0.15, 0.2) is 11.5 Å². The van der Waals surface area contributed by atoms with Gasteiger partial charge < -0.3 is 14.2 Å². The first-order chi connectivity index (χ1) is 15.6. The molecule has 0 unspecified atom stereocenters. The average molecular weight is 450 g/mol. The van der Waals surface area contributed by atoms with Gasteiger partial charge >= 0.3 is 0 Å². The zero-order chi connectivity index (χ0) is 22.5. The molecule has 0 spiro atoms. The van der Waals surface area contributed by atoms with E-state index in [1.807, 2.05) is 48.7 Å². The maximum absolute atomic E-state index is 12.5. The van der Waals surface area contributed by atoms with Crippen LogP contribution in [0.3, 0.4) is 0 Å². The van der Waals surface area contributed by atoms with E-state index >= 15 is 0 Å². The lowest BCUT2D eigenvalue weighted by atomic mass is 10.1. The van der Waals surface area contributed by atoms with Gasteiger partial charge in [-0.1, -0.05) is 18.2 Å². The number of allylic oxidation sites excluding steroid dienone is 1. The molecule has 0 amide bonds. The van der Waals surface area contributed by atoms with Crippen LogP contribution in [0.1, 0.15) is 5.56 Å². The molecule has 2 heterocycles. The van der Waals surface area contributed by atoms with E-state index in [9.17, 15) is 4.79 Å². The molecule has 1 aliphatic rings. The van der Waals surface area contributed by atoms with Crippen LogP contribution in [0.2, 0.25) is 0 Å². The molecular weight excluding hydrogens is 426 g/mol. The van der Waals surface area contributed by atoms with Crippen molar-refractivity contribution in [3.63, 3.8) is 0 Å². The molecule has 8 heteroatoms. The quantitative estimate of drug-likeness (QED) is 0.478. The second-order valence-corrected chi connectivity index (χ2v) is 7.94. The normalized spacial score (nSPS) is 13.3. The number of benzene rings is 2. The Labute approximate surface area is 190 Å². The van der Waals surface area contributed by atoms with Crippen molar-refractivity contribution in [3.05, 3.63) is 60.3 Å². The molecule has 0 aliphatic carbocycles. The van der Waals surface area contributed by atoms with Gasteiger partial charge in [0.05, 0.1) is 27.0 Å². The number of hydrogen-bond donors (Lipinski definition) is 0. The van der Waals surface area contributed by atoms with Crippen LogP contribution in [0.15, 0.2) is 59.7 Å². The number of aliphatic imine (C=N–C) groups is 1. The van der Waals surface area contributed by atoms with E-state index in [0.717, 1.165) is 22.6 Å². The van der Waals surface area contributed by atoms with Crippen LogP contribution in [0.25, 0.3) is 23.0 Å². The third-order valence-corrected chi connectivity index (χ3v) is 5.90. The molecule has 0 saturated heterocycles. The van der Waals surface area contributed by atoms with Crippen molar-refractivity contribution in [1.82, 2.24) is 9.78 Å². The molecule has 0 saturated carbocycles. The van der Waals surface area contributed by atoms with E-state index < -0.39 is 0 Å². The Bertz CT molecular complexity index is 1160. The number of ketones is 1. The Balaban J connectivity index is 1.81. The summed E-state index contributed by atoms with van der Waals surface area (Å²) in [4.78, 5) is 16.8. The summed E-state index contributed by atoms with van der Waals surface area (Å²) in [6, 6.07) is 13.5. The summed E-state index contributed by atoms with van der Waals surface area (Å²) in [6.07, 6.45) is 5.21. The molecule has 0 atom stereocenters. The number of methoxy groups -OCH3 is 3. The molecule has 164 valence electrons. The highest BCUT2D eigenvalue weighted by Gasteiger charge is 2.19. The third kappa shape index (κ3) is 4.40. The van der Waals surface area contributed by atoms with Gasteiger partial charge in [0.2, 0.25) is 11.5 Å². The molecule has 0 fully saturated rings. The summed E-state index contributed by atoms with van der Waals surface area (Å²) in [6.45, 7) is 0.683. The molecule has 2 aromatic carbocycles. The number of carbonyl (C=O) groups is 1. The fourth-order valence-corrected chi connectivity index (χ4v) is 4.15. The average Bonchev–Trinajstić information content (AvgIpc) is 3.52. The van der Waals surface area contributed by atoms with Gasteiger partial charge in [-0.3, -0.25) is 9.79 Å². The van der Waals surface area contributed by atoms with E-state index in [-0.39, 0.29) is 5.78 Å². The first kappa shape index (κ1) is 21.7. The van der Waals surface area contributed by atoms with Gasteiger partial charge in [0, 0.05) is 29.6 Å². The number of carbonyl (C=O) groups excluding carboxylic acids is 1. The second kappa shape index (κ2) is 9.74. The largest absolute Gasteiger partial charge is 0.493 e. The minimum Gasteiger partial charge on any atom is -0.493 e. The Hall–Kier alpha value is -3.52. The van der Waals surface area contributed by atoms with Crippen molar-refractivity contribution in [2.24, 2.45) is 4.99 Å². The zero-order valence-electron chi connectivity index (χ0n) is 18.1. The van der Waals surface area contributed by atoms with Crippen LogP contribution in [0.4, 0.5) is 0 Å². The minimum absolute atomic E-state index is 0.101. The number of nitrogens with zero attached hydrogens (tertiary/aromatic N) is 3. The first-order valence-electron chi connectivity index (χ1n) is 9.99. The number of aromatic nitrogens is 2. The third-order valence-electron chi connectivity index (χ3n) is 4.91. The van der Waals surface area contributed by atoms with Crippen molar-refractivity contribution >= 4 is 28.7 Å². The van der Waals surface area contributed by atoms with Crippen LogP contribution >= 0.6 is 11.8 Å². The van der Waals surface area contributed by atoms with Crippen LogP contribution in [0, 0.1) is 0 Å². The highest BCUT2D eigenvalue weighted by Crippen LogP contribution is 2.41. The lowest BCUT2D eigenvalue weighted by Gasteiger charge is -2.13. The fourth-order valence-electron chi connectivity index (χ4n) is 3.39. The van der Waals surface area contributed by atoms with Crippen LogP contribution in [-0.2, 0) is 4.79 Å². The number of thioether (sulfide) groups is 1. The zero-order valence-corrected chi connectivity index (χ0v) is 18.9.